The molecule has 0 amide bonds. The van der Waals surface area contributed by atoms with Gasteiger partial charge in [0.05, 0.1) is 0 Å². The molecule has 0 saturated carbocycles. The summed E-state index contributed by atoms with van der Waals surface area (Å²) in [6.07, 6.45) is 0. The third kappa shape index (κ3) is 1.43. The van der Waals surface area contributed by atoms with Crippen LogP contribution in [0.1, 0.15) is 12.7 Å². The molecule has 0 saturated heterocycles. The Morgan fingerprint density at radius 2 is 2.21 bits per heavy atom. The standard InChI is InChI=1S/C8H9N3S3/c1-3-11-6-5(14-8(11)13)7(12)10-4(2)9-6/h3H2,1-2H3,(H,9,10,12). The molecule has 0 bridgehead atoms. The maximum atomic E-state index is 5.24. The van der Waals surface area contributed by atoms with Gasteiger partial charge in [-0.25, -0.2) is 4.98 Å². The van der Waals surface area contributed by atoms with Gasteiger partial charge in [-0.2, -0.15) is 0 Å². The summed E-state index contributed by atoms with van der Waals surface area (Å²) in [7, 11) is 0. The first kappa shape index (κ1) is 9.95. The Balaban J connectivity index is 3.03. The molecule has 0 aliphatic carbocycles. The van der Waals surface area contributed by atoms with Crippen molar-refractivity contribution in [2.45, 2.75) is 20.4 Å². The molecule has 3 nitrogen and oxygen atoms in total. The predicted octanol–water partition coefficient (Wildman–Crippen LogP) is 3.21. The molecule has 14 heavy (non-hydrogen) atoms. The summed E-state index contributed by atoms with van der Waals surface area (Å²) in [6, 6.07) is 0. The summed E-state index contributed by atoms with van der Waals surface area (Å²) in [5.41, 5.74) is 1.00. The fourth-order valence-corrected chi connectivity index (χ4v) is 3.09. The van der Waals surface area contributed by atoms with E-state index in [9.17, 15) is 0 Å². The molecule has 0 unspecified atom stereocenters. The van der Waals surface area contributed by atoms with Gasteiger partial charge in [-0.15, -0.1) is 0 Å². The average Bonchev–Trinajstić information content (AvgIpc) is 2.41. The van der Waals surface area contributed by atoms with E-state index in [0.717, 1.165) is 26.7 Å². The van der Waals surface area contributed by atoms with E-state index in [2.05, 4.69) is 16.9 Å². The topological polar surface area (TPSA) is 33.6 Å². The second-order valence-corrected chi connectivity index (χ2v) is 4.95. The number of hydrogen-bond donors (Lipinski definition) is 1. The van der Waals surface area contributed by atoms with E-state index in [-0.39, 0.29) is 0 Å². The van der Waals surface area contributed by atoms with Crippen molar-refractivity contribution in [2.75, 3.05) is 0 Å². The van der Waals surface area contributed by atoms with E-state index < -0.39 is 0 Å². The molecule has 0 radical (unpaired) electrons. The highest BCUT2D eigenvalue weighted by Crippen LogP contribution is 2.21. The maximum Gasteiger partial charge on any atom is 0.163 e. The Labute approximate surface area is 95.4 Å². The predicted molar refractivity (Wildman–Crippen MR) is 64.0 cm³/mol. The SMILES string of the molecule is CCn1c(=S)sc2c(=S)nc(C)[nH]c21. The highest BCUT2D eigenvalue weighted by atomic mass is 32.1. The van der Waals surface area contributed by atoms with Gasteiger partial charge in [0.1, 0.15) is 20.8 Å². The Bertz CT molecular complexity index is 590. The molecule has 74 valence electrons. The quantitative estimate of drug-likeness (QED) is 0.781. The lowest BCUT2D eigenvalue weighted by molar-refractivity contribution is 0.779. The Morgan fingerprint density at radius 3 is 2.86 bits per heavy atom. The van der Waals surface area contributed by atoms with Crippen LogP contribution in [0.25, 0.3) is 10.3 Å². The number of aromatic amines is 1. The Hall–Kier alpha value is -0.590. The van der Waals surface area contributed by atoms with Crippen molar-refractivity contribution in [3.63, 3.8) is 0 Å². The van der Waals surface area contributed by atoms with E-state index >= 15 is 0 Å². The Morgan fingerprint density at radius 1 is 1.50 bits per heavy atom. The number of nitrogens with one attached hydrogen (secondary N) is 1. The van der Waals surface area contributed by atoms with E-state index in [4.69, 9.17) is 24.4 Å². The molecule has 6 heteroatoms. The summed E-state index contributed by atoms with van der Waals surface area (Å²) < 4.78 is 4.51. The van der Waals surface area contributed by atoms with Crippen LogP contribution in [-0.2, 0) is 6.54 Å². The lowest BCUT2D eigenvalue weighted by atomic mass is 10.5. The van der Waals surface area contributed by atoms with Crippen molar-refractivity contribution >= 4 is 46.1 Å². The summed E-state index contributed by atoms with van der Waals surface area (Å²) in [5.74, 6) is 0.831. The van der Waals surface area contributed by atoms with Crippen LogP contribution in [0.5, 0.6) is 0 Å². The van der Waals surface area contributed by atoms with Gasteiger partial charge in [0.2, 0.25) is 0 Å². The van der Waals surface area contributed by atoms with Gasteiger partial charge in [-0.1, -0.05) is 23.6 Å². The summed E-state index contributed by atoms with van der Waals surface area (Å²) in [6.45, 7) is 4.82. The first-order valence-electron chi connectivity index (χ1n) is 4.23. The van der Waals surface area contributed by atoms with Crippen LogP contribution in [0.3, 0.4) is 0 Å². The van der Waals surface area contributed by atoms with Crippen molar-refractivity contribution in [3.05, 3.63) is 14.4 Å². The van der Waals surface area contributed by atoms with Crippen LogP contribution in [-0.4, -0.2) is 14.5 Å². The second kappa shape index (κ2) is 3.52. The highest BCUT2D eigenvalue weighted by Gasteiger charge is 2.06. The van der Waals surface area contributed by atoms with Gasteiger partial charge in [0.25, 0.3) is 0 Å². The number of rotatable bonds is 1. The Kier molecular flexibility index (Phi) is 2.50. The molecule has 2 aromatic heterocycles. The molecule has 0 atom stereocenters. The number of nitrogens with zero attached hydrogens (tertiary/aromatic N) is 2. The molecular formula is C8H9N3S3. The zero-order chi connectivity index (χ0) is 10.3. The van der Waals surface area contributed by atoms with Crippen LogP contribution in [0, 0.1) is 15.5 Å². The number of aryl methyl sites for hydroxylation is 2. The molecule has 0 fully saturated rings. The van der Waals surface area contributed by atoms with E-state index in [0.29, 0.717) is 4.64 Å². The molecule has 0 aromatic carbocycles. The van der Waals surface area contributed by atoms with Gasteiger partial charge in [-0.05, 0) is 26.1 Å². The highest BCUT2D eigenvalue weighted by molar-refractivity contribution is 7.74. The zero-order valence-electron chi connectivity index (χ0n) is 7.83. The minimum atomic E-state index is 0.638. The van der Waals surface area contributed by atoms with Crippen molar-refractivity contribution in [3.8, 4) is 0 Å². The maximum absolute atomic E-state index is 5.24. The average molecular weight is 243 g/mol. The second-order valence-electron chi connectivity index (χ2n) is 2.92. The minimum absolute atomic E-state index is 0.638. The normalized spacial score (nSPS) is 11.0. The molecule has 2 heterocycles. The van der Waals surface area contributed by atoms with Gasteiger partial charge >= 0.3 is 0 Å². The summed E-state index contributed by atoms with van der Waals surface area (Å²) >= 11 is 11.9. The van der Waals surface area contributed by atoms with Crippen molar-refractivity contribution in [1.29, 1.82) is 0 Å². The van der Waals surface area contributed by atoms with Gasteiger partial charge in [0.15, 0.2) is 3.95 Å². The van der Waals surface area contributed by atoms with Crippen LogP contribution < -0.4 is 0 Å². The monoisotopic (exact) mass is 243 g/mol. The number of hydrogen-bond acceptors (Lipinski definition) is 4. The van der Waals surface area contributed by atoms with E-state index in [1.807, 2.05) is 11.5 Å². The van der Waals surface area contributed by atoms with Crippen LogP contribution >= 0.6 is 35.8 Å². The molecule has 0 aliphatic heterocycles. The molecule has 2 rings (SSSR count). The van der Waals surface area contributed by atoms with Crippen LogP contribution in [0.15, 0.2) is 0 Å². The summed E-state index contributed by atoms with van der Waals surface area (Å²) in [4.78, 5) is 7.40. The minimum Gasteiger partial charge on any atom is -0.329 e. The van der Waals surface area contributed by atoms with E-state index in [1.54, 1.807) is 0 Å². The lowest BCUT2D eigenvalue weighted by Crippen LogP contribution is -1.97. The zero-order valence-corrected chi connectivity index (χ0v) is 10.3. The van der Waals surface area contributed by atoms with Crippen LogP contribution in [0.4, 0.5) is 0 Å². The first-order chi connectivity index (χ1) is 6.63. The third-order valence-corrected chi connectivity index (χ3v) is 3.85. The smallest absolute Gasteiger partial charge is 0.163 e. The van der Waals surface area contributed by atoms with E-state index in [1.165, 1.54) is 11.3 Å². The first-order valence-corrected chi connectivity index (χ1v) is 5.87. The van der Waals surface area contributed by atoms with Crippen molar-refractivity contribution in [2.24, 2.45) is 0 Å². The fourth-order valence-electron chi connectivity index (χ4n) is 1.36. The summed E-state index contributed by atoms with van der Waals surface area (Å²) in [5, 5.41) is 0. The largest absolute Gasteiger partial charge is 0.329 e. The molecule has 0 aliphatic rings. The van der Waals surface area contributed by atoms with Crippen molar-refractivity contribution in [1.82, 2.24) is 14.5 Å². The number of thiazole rings is 1. The molecule has 0 spiro atoms. The third-order valence-electron chi connectivity index (χ3n) is 1.97. The fraction of sp³-hybridized carbons (Fsp3) is 0.375. The van der Waals surface area contributed by atoms with Crippen LogP contribution in [0.2, 0.25) is 0 Å². The van der Waals surface area contributed by atoms with Gasteiger partial charge in [-0.3, -0.25) is 0 Å². The number of H-pyrrole nitrogens is 1. The molecular weight excluding hydrogens is 234 g/mol. The lowest BCUT2D eigenvalue weighted by Gasteiger charge is -2.00. The number of fused-ring (bicyclic) bond motifs is 1. The molecule has 1 N–H and O–H groups in total. The van der Waals surface area contributed by atoms with Gasteiger partial charge < -0.3 is 9.55 Å². The van der Waals surface area contributed by atoms with Gasteiger partial charge in [0, 0.05) is 6.54 Å². The van der Waals surface area contributed by atoms with Crippen molar-refractivity contribution < 1.29 is 0 Å². The molecule has 2 aromatic rings. The number of aromatic nitrogens is 3.